The first kappa shape index (κ1) is 75.8. The van der Waals surface area contributed by atoms with Crippen LogP contribution in [-0.2, 0) is 58.4 Å². The number of nitrogens with zero attached hydrogens (tertiary/aromatic N) is 6. The predicted molar refractivity (Wildman–Crippen MR) is 341 cm³/mol. The average molecular weight is 1380 g/mol. The second-order valence-electron chi connectivity index (χ2n) is 18.8. The normalized spacial score (nSPS) is 10.6. The van der Waals surface area contributed by atoms with E-state index in [1.807, 2.05) is 0 Å². The Morgan fingerprint density at radius 1 is 0.340 bits per heavy atom. The van der Waals surface area contributed by atoms with Crippen molar-refractivity contribution in [3.63, 3.8) is 0 Å². The molecule has 8 aromatic rings. The molecule has 0 spiro atoms. The molecular formula is C62H56N12Na2O19S2. The molecule has 2 heterocycles. The van der Waals surface area contributed by atoms with Gasteiger partial charge in [-0.15, -0.1) is 0 Å². The van der Waals surface area contributed by atoms with Crippen molar-refractivity contribution in [2.45, 2.75) is 9.79 Å². The van der Waals surface area contributed by atoms with E-state index in [-0.39, 0.29) is 182 Å². The monoisotopic (exact) mass is 1380 g/mol. The van der Waals surface area contributed by atoms with Crippen LogP contribution in [-0.4, -0.2) is 133 Å². The van der Waals surface area contributed by atoms with Crippen molar-refractivity contribution in [1.82, 2.24) is 29.9 Å². The van der Waals surface area contributed by atoms with Crippen molar-refractivity contribution < 1.29 is 147 Å². The fourth-order valence-electron chi connectivity index (χ4n) is 7.80. The number of nitrogens with one attached hydrogen (secondary N) is 6. The van der Waals surface area contributed by atoms with E-state index >= 15 is 0 Å². The molecule has 0 fully saturated rings. The molecule has 0 radical (unpaired) electrons. The third-order valence-corrected chi connectivity index (χ3v) is 13.4. The molecule has 6 N–H and O–H groups in total. The van der Waals surface area contributed by atoms with Crippen molar-refractivity contribution in [2.24, 2.45) is 0 Å². The largest absolute Gasteiger partial charge is 1.00 e. The number of carbonyl (C=O) groups excluding carboxylic acids is 4. The van der Waals surface area contributed by atoms with Crippen molar-refractivity contribution >= 4 is 114 Å². The maximum atomic E-state index is 12.0. The van der Waals surface area contributed by atoms with Crippen LogP contribution in [0.3, 0.4) is 0 Å². The smallest absolute Gasteiger partial charge is 0.744 e. The zero-order chi connectivity index (χ0) is 67.7. The molecule has 31 nitrogen and oxygen atoms in total. The Bertz CT molecular complexity index is 4020. The molecule has 97 heavy (non-hydrogen) atoms. The van der Waals surface area contributed by atoms with Gasteiger partial charge in [-0.25, -0.2) is 36.0 Å². The van der Waals surface area contributed by atoms with Gasteiger partial charge in [0.05, 0.1) is 9.79 Å². The van der Waals surface area contributed by atoms with Gasteiger partial charge in [0.15, 0.2) is 0 Å². The standard InChI is InChI=1S/C62H58N12O19S2.2Na/c1-5-53(75)89-25-21-85-47-31-43(32-48(37-47)86-22-26-90-54(76)6-2)67-61-71-57(69-59(73-61)65-41-15-11-19-51(35-41)94(79,80)81)63-39-13-9-17-45(29-39)93-46-18-10-14-40(30-46)64-58-70-60(66-42-16-12-20-52(36-42)95(82,83)84)74-62(72-58)68-44-33-49(87-23-27-91-55(77)7-3)38-50(34-44)88-24-28-92-56(78)8-4;;/h5-20,29-38H,1-4,21-28H2,(H,79,80,81)(H,82,83,84)(H3,63,65,67,69,71,73)(H3,64,66,68,70,72,74);;/q;2*+1/p-2. The van der Waals surface area contributed by atoms with Gasteiger partial charge in [-0.05, 0) is 60.7 Å². The number of benzene rings is 6. The molecule has 0 aliphatic rings. The SMILES string of the molecule is C=CC(=O)OCCOc1cc(Nc2nc(Nc3cccc(Oc4cccc(Nc5nc(Nc6cc(OCCOC(=O)C=C)cc(OCCOC(=O)C=C)c6)nc(Nc6cccc(S(=O)(=O)[O-])c6)n5)c4)c3)nc(Nc3cccc(S(=O)(=O)[O-])c3)n2)cc(OCCOC(=O)C=C)c1.[Na+].[Na+]. The van der Waals surface area contributed by atoms with Gasteiger partial charge in [0.25, 0.3) is 0 Å². The van der Waals surface area contributed by atoms with Gasteiger partial charge in [0, 0.05) is 107 Å². The van der Waals surface area contributed by atoms with Gasteiger partial charge in [0.2, 0.25) is 35.7 Å². The third-order valence-electron chi connectivity index (χ3n) is 11.8. The number of rotatable bonds is 36. The minimum atomic E-state index is -4.86. The Balaban J connectivity index is 0.00000743. The Morgan fingerprint density at radius 3 is 0.835 bits per heavy atom. The number of hydrogen-bond acceptors (Lipinski definition) is 31. The van der Waals surface area contributed by atoms with Gasteiger partial charge >= 0.3 is 83.0 Å². The number of aromatic nitrogens is 6. The molecule has 8 rings (SSSR count). The van der Waals surface area contributed by atoms with E-state index in [4.69, 9.17) is 42.6 Å². The summed E-state index contributed by atoms with van der Waals surface area (Å²) in [6, 6.07) is 32.7. The van der Waals surface area contributed by atoms with E-state index in [2.05, 4.69) is 88.1 Å². The first-order chi connectivity index (χ1) is 45.7. The molecule has 0 amide bonds. The molecule has 0 unspecified atom stereocenters. The Kier molecular flexibility index (Phi) is 29.1. The fourth-order valence-corrected chi connectivity index (χ4v) is 8.83. The zero-order valence-electron chi connectivity index (χ0n) is 51.8. The molecule has 2 aromatic heterocycles. The molecular weight excluding hydrogens is 1330 g/mol. The van der Waals surface area contributed by atoms with Crippen molar-refractivity contribution in [3.8, 4) is 34.5 Å². The van der Waals surface area contributed by atoms with Crippen molar-refractivity contribution in [2.75, 3.05) is 84.8 Å². The molecule has 35 heteroatoms. The van der Waals surface area contributed by atoms with Crippen LogP contribution < -0.4 is 115 Å². The van der Waals surface area contributed by atoms with Crippen LogP contribution in [0.25, 0.3) is 0 Å². The van der Waals surface area contributed by atoms with E-state index < -0.39 is 53.9 Å². The second kappa shape index (κ2) is 37.2. The summed E-state index contributed by atoms with van der Waals surface area (Å²) < 4.78 is 122. The van der Waals surface area contributed by atoms with Crippen LogP contribution >= 0.6 is 0 Å². The molecule has 6 aromatic carbocycles. The van der Waals surface area contributed by atoms with Crippen LogP contribution in [0.15, 0.2) is 194 Å². The van der Waals surface area contributed by atoms with Crippen molar-refractivity contribution in [1.29, 1.82) is 0 Å². The van der Waals surface area contributed by atoms with Gasteiger partial charge in [0.1, 0.15) is 108 Å². The van der Waals surface area contributed by atoms with E-state index in [1.54, 1.807) is 72.8 Å². The second-order valence-corrected chi connectivity index (χ2v) is 21.5. The van der Waals surface area contributed by atoms with Crippen molar-refractivity contribution in [3.05, 3.63) is 184 Å². The Labute approximate surface area is 599 Å². The summed E-state index contributed by atoms with van der Waals surface area (Å²) in [7, 11) is -9.72. The van der Waals surface area contributed by atoms with Gasteiger partial charge in [-0.3, -0.25) is 0 Å². The minimum Gasteiger partial charge on any atom is -0.744 e. The number of esters is 4. The van der Waals surface area contributed by atoms with E-state index in [0.29, 0.717) is 34.2 Å². The first-order valence-electron chi connectivity index (χ1n) is 27.8. The van der Waals surface area contributed by atoms with E-state index in [9.17, 15) is 45.1 Å². The molecule has 492 valence electrons. The third kappa shape index (κ3) is 25.5. The maximum absolute atomic E-state index is 12.0. The van der Waals surface area contributed by atoms with Gasteiger partial charge < -0.3 is 83.6 Å². The molecule has 0 saturated heterocycles. The minimum absolute atomic E-state index is 0. The first-order valence-corrected chi connectivity index (χ1v) is 30.6. The summed E-state index contributed by atoms with van der Waals surface area (Å²) in [5, 5.41) is 18.2. The summed E-state index contributed by atoms with van der Waals surface area (Å²) in [5.41, 5.74) is 1.63. The summed E-state index contributed by atoms with van der Waals surface area (Å²) in [6.45, 7) is 12.7. The van der Waals surface area contributed by atoms with Gasteiger partial charge in [-0.2, -0.15) is 29.9 Å². The summed E-state index contributed by atoms with van der Waals surface area (Å²) >= 11 is 0. The quantitative estimate of drug-likeness (QED) is 0.00820. The van der Waals surface area contributed by atoms with E-state index in [1.165, 1.54) is 36.4 Å². The molecule has 0 saturated carbocycles. The summed E-state index contributed by atoms with van der Waals surface area (Å²) in [6.07, 6.45) is 4.02. The van der Waals surface area contributed by atoms with Crippen LogP contribution in [0.2, 0.25) is 0 Å². The zero-order valence-corrected chi connectivity index (χ0v) is 57.4. The summed E-state index contributed by atoms with van der Waals surface area (Å²) in [5.74, 6) is -1.63. The van der Waals surface area contributed by atoms with Crippen LogP contribution in [0, 0.1) is 0 Å². The summed E-state index contributed by atoms with van der Waals surface area (Å²) in [4.78, 5) is 72.7. The van der Waals surface area contributed by atoms with Crippen LogP contribution in [0.4, 0.5) is 69.8 Å². The molecule has 0 aliphatic carbocycles. The topological polar surface area (TPSA) is 415 Å². The molecule has 0 atom stereocenters. The van der Waals surface area contributed by atoms with Gasteiger partial charge in [-0.1, -0.05) is 50.6 Å². The molecule has 0 aliphatic heterocycles. The predicted octanol–water partition coefficient (Wildman–Crippen LogP) is 2.56. The average Bonchev–Trinajstić information content (AvgIpc) is 0.868. The number of ether oxygens (including phenoxy) is 9. The fraction of sp³-hybridized carbons (Fsp3) is 0.129. The number of carbonyl (C=O) groups is 4. The Morgan fingerprint density at radius 2 is 0.577 bits per heavy atom. The maximum Gasteiger partial charge on any atom is 1.00 e. The number of anilines is 12. The van der Waals surface area contributed by atoms with Crippen LogP contribution in [0.1, 0.15) is 0 Å². The molecule has 0 bridgehead atoms. The Hall–Kier alpha value is -10.2. The van der Waals surface area contributed by atoms with Crippen LogP contribution in [0.5, 0.6) is 34.5 Å². The number of hydrogen-bond donors (Lipinski definition) is 6. The van der Waals surface area contributed by atoms with E-state index in [0.717, 1.165) is 48.6 Å².